The van der Waals surface area contributed by atoms with Crippen LogP contribution in [0.3, 0.4) is 0 Å². The highest BCUT2D eigenvalue weighted by Gasteiger charge is 2.14. The molecule has 1 amide bonds. The molecule has 0 saturated heterocycles. The summed E-state index contributed by atoms with van der Waals surface area (Å²) in [7, 11) is 1.59. The number of nitrogens with one attached hydrogen (secondary N) is 1. The number of carbonyl (C=O) groups excluding carboxylic acids is 1. The molecule has 0 radical (unpaired) electrons. The predicted octanol–water partition coefficient (Wildman–Crippen LogP) is 3.26. The minimum Gasteiger partial charge on any atom is -0.382 e. The normalized spacial score (nSPS) is 11.2. The van der Waals surface area contributed by atoms with E-state index in [0.717, 1.165) is 27.7 Å². The number of hydrogen-bond acceptors (Lipinski definition) is 5. The third-order valence-corrected chi connectivity index (χ3v) is 4.42. The van der Waals surface area contributed by atoms with E-state index in [1.54, 1.807) is 11.8 Å². The van der Waals surface area contributed by atoms with Crippen molar-refractivity contribution in [1.82, 2.24) is 14.8 Å². The average molecular weight is 382 g/mol. The summed E-state index contributed by atoms with van der Waals surface area (Å²) in [5, 5.41) is 8.50. The number of aromatic nitrogens is 3. The van der Waals surface area contributed by atoms with Crippen molar-refractivity contribution in [2.45, 2.75) is 27.7 Å². The van der Waals surface area contributed by atoms with Gasteiger partial charge >= 0.3 is 0 Å². The number of nitrogens with zero attached hydrogens (tertiary/aromatic N) is 3. The zero-order valence-electron chi connectivity index (χ0n) is 17.0. The summed E-state index contributed by atoms with van der Waals surface area (Å²) < 4.78 is 11.8. The van der Waals surface area contributed by atoms with Crippen molar-refractivity contribution in [3.8, 4) is 5.82 Å². The van der Waals surface area contributed by atoms with Gasteiger partial charge in [-0.3, -0.25) is 4.79 Å². The Labute approximate surface area is 164 Å². The first-order valence-electron chi connectivity index (χ1n) is 9.21. The van der Waals surface area contributed by atoms with Crippen LogP contribution in [0.25, 0.3) is 16.7 Å². The molecule has 0 aliphatic heterocycles. The van der Waals surface area contributed by atoms with Crippen molar-refractivity contribution >= 4 is 22.6 Å². The van der Waals surface area contributed by atoms with Crippen LogP contribution in [-0.2, 0) is 14.3 Å². The van der Waals surface area contributed by atoms with E-state index in [1.807, 2.05) is 19.1 Å². The zero-order chi connectivity index (χ0) is 20.3. The second kappa shape index (κ2) is 8.50. The summed E-state index contributed by atoms with van der Waals surface area (Å²) in [4.78, 5) is 17.0. The SMILES string of the molecule is COCCOCC(=O)Nc1cc(C)nn1-c1cc(C)c2cc(C)cc(C)c2n1. The van der Waals surface area contributed by atoms with Gasteiger partial charge in [-0.05, 0) is 51.0 Å². The number of amides is 1. The van der Waals surface area contributed by atoms with E-state index in [9.17, 15) is 4.79 Å². The lowest BCUT2D eigenvalue weighted by Gasteiger charge is -2.12. The summed E-state index contributed by atoms with van der Waals surface area (Å²) in [5.41, 5.74) is 5.16. The van der Waals surface area contributed by atoms with E-state index < -0.39 is 0 Å². The number of anilines is 1. The summed E-state index contributed by atoms with van der Waals surface area (Å²) in [6.45, 7) is 8.85. The molecular weight excluding hydrogens is 356 g/mol. The van der Waals surface area contributed by atoms with Gasteiger partial charge in [-0.25, -0.2) is 4.98 Å². The quantitative estimate of drug-likeness (QED) is 0.635. The van der Waals surface area contributed by atoms with Crippen LogP contribution in [0.1, 0.15) is 22.4 Å². The highest BCUT2D eigenvalue weighted by molar-refractivity contribution is 5.91. The number of rotatable bonds is 7. The second-order valence-electron chi connectivity index (χ2n) is 6.95. The second-order valence-corrected chi connectivity index (χ2v) is 6.95. The largest absolute Gasteiger partial charge is 0.382 e. The molecule has 0 spiro atoms. The van der Waals surface area contributed by atoms with Crippen LogP contribution in [0.4, 0.5) is 5.82 Å². The minimum atomic E-state index is -0.249. The van der Waals surface area contributed by atoms with Crippen LogP contribution < -0.4 is 5.32 Å². The minimum absolute atomic E-state index is 0.0455. The Balaban J connectivity index is 1.91. The van der Waals surface area contributed by atoms with Crippen LogP contribution in [0.2, 0.25) is 0 Å². The van der Waals surface area contributed by atoms with Crippen LogP contribution >= 0.6 is 0 Å². The predicted molar refractivity (Wildman–Crippen MR) is 109 cm³/mol. The average Bonchev–Trinajstić information content (AvgIpc) is 2.99. The first kappa shape index (κ1) is 20.0. The molecule has 1 N–H and O–H groups in total. The molecule has 0 fully saturated rings. The van der Waals surface area contributed by atoms with Gasteiger partial charge in [0.25, 0.3) is 5.91 Å². The fourth-order valence-electron chi connectivity index (χ4n) is 3.18. The van der Waals surface area contributed by atoms with Crippen LogP contribution in [0.15, 0.2) is 24.3 Å². The van der Waals surface area contributed by atoms with Crippen molar-refractivity contribution in [3.05, 3.63) is 46.6 Å². The lowest BCUT2D eigenvalue weighted by Crippen LogP contribution is -2.21. The van der Waals surface area contributed by atoms with Crippen molar-refractivity contribution in [3.63, 3.8) is 0 Å². The van der Waals surface area contributed by atoms with E-state index in [-0.39, 0.29) is 12.5 Å². The zero-order valence-corrected chi connectivity index (χ0v) is 17.0. The molecule has 3 rings (SSSR count). The smallest absolute Gasteiger partial charge is 0.251 e. The highest BCUT2D eigenvalue weighted by atomic mass is 16.5. The fraction of sp³-hybridized carbons (Fsp3) is 0.381. The Morgan fingerprint density at radius 1 is 1.07 bits per heavy atom. The highest BCUT2D eigenvalue weighted by Crippen LogP contribution is 2.25. The number of aryl methyl sites for hydroxylation is 4. The van der Waals surface area contributed by atoms with Gasteiger partial charge in [-0.1, -0.05) is 11.6 Å². The van der Waals surface area contributed by atoms with Crippen molar-refractivity contribution in [1.29, 1.82) is 0 Å². The maximum Gasteiger partial charge on any atom is 0.251 e. The number of methoxy groups -OCH3 is 1. The van der Waals surface area contributed by atoms with Crippen LogP contribution in [0, 0.1) is 27.7 Å². The topological polar surface area (TPSA) is 78.3 Å². The number of hydrogen-bond donors (Lipinski definition) is 1. The Hall–Kier alpha value is -2.77. The van der Waals surface area contributed by atoms with E-state index in [2.05, 4.69) is 43.3 Å². The molecule has 148 valence electrons. The van der Waals surface area contributed by atoms with Gasteiger partial charge in [0.2, 0.25) is 0 Å². The molecular formula is C21H26N4O3. The monoisotopic (exact) mass is 382 g/mol. The van der Waals surface area contributed by atoms with Gasteiger partial charge in [-0.15, -0.1) is 0 Å². The molecule has 2 aromatic heterocycles. The van der Waals surface area contributed by atoms with Gasteiger partial charge in [0.15, 0.2) is 5.82 Å². The molecule has 0 atom stereocenters. The molecule has 7 heteroatoms. The molecule has 0 bridgehead atoms. The van der Waals surface area contributed by atoms with E-state index in [0.29, 0.717) is 24.8 Å². The van der Waals surface area contributed by atoms with E-state index >= 15 is 0 Å². The van der Waals surface area contributed by atoms with Gasteiger partial charge in [0.1, 0.15) is 12.4 Å². The maximum absolute atomic E-state index is 12.2. The van der Waals surface area contributed by atoms with E-state index in [4.69, 9.17) is 14.5 Å². The summed E-state index contributed by atoms with van der Waals surface area (Å²) in [6, 6.07) is 8.06. The molecule has 28 heavy (non-hydrogen) atoms. The lowest BCUT2D eigenvalue weighted by atomic mass is 10.0. The number of ether oxygens (including phenoxy) is 2. The van der Waals surface area contributed by atoms with Gasteiger partial charge < -0.3 is 14.8 Å². The lowest BCUT2D eigenvalue weighted by molar-refractivity contribution is -0.121. The maximum atomic E-state index is 12.2. The standard InChI is InChI=1S/C21H26N4O3/c1-13-8-15(3)21-17(9-13)14(2)10-18(23-21)25-19(11-16(4)24-25)22-20(26)12-28-7-6-27-5/h8-11H,6-7,12H2,1-5H3,(H,22,26). The Morgan fingerprint density at radius 3 is 2.61 bits per heavy atom. The molecule has 0 saturated carbocycles. The van der Waals surface area contributed by atoms with Crippen LogP contribution in [0.5, 0.6) is 0 Å². The number of benzene rings is 1. The van der Waals surface area contributed by atoms with Crippen molar-refractivity contribution in [2.24, 2.45) is 0 Å². The molecule has 0 aliphatic rings. The van der Waals surface area contributed by atoms with Gasteiger partial charge in [0.05, 0.1) is 24.4 Å². The Bertz CT molecular complexity index is 1010. The molecule has 1 aromatic carbocycles. The van der Waals surface area contributed by atoms with Gasteiger partial charge in [0, 0.05) is 18.6 Å². The Morgan fingerprint density at radius 2 is 1.86 bits per heavy atom. The molecule has 7 nitrogen and oxygen atoms in total. The van der Waals surface area contributed by atoms with Crippen molar-refractivity contribution in [2.75, 3.05) is 32.2 Å². The summed E-state index contributed by atoms with van der Waals surface area (Å²) in [5.74, 6) is 0.982. The number of carbonyl (C=O) groups is 1. The molecule has 3 aromatic rings. The summed E-state index contributed by atoms with van der Waals surface area (Å²) >= 11 is 0. The first-order chi connectivity index (χ1) is 13.4. The summed E-state index contributed by atoms with van der Waals surface area (Å²) in [6.07, 6.45) is 0. The fourth-order valence-corrected chi connectivity index (χ4v) is 3.18. The Kier molecular flexibility index (Phi) is 6.06. The van der Waals surface area contributed by atoms with Crippen LogP contribution in [-0.4, -0.2) is 47.6 Å². The number of pyridine rings is 1. The third kappa shape index (κ3) is 4.37. The molecule has 2 heterocycles. The third-order valence-electron chi connectivity index (χ3n) is 4.42. The van der Waals surface area contributed by atoms with Gasteiger partial charge in [-0.2, -0.15) is 9.78 Å². The molecule has 0 unspecified atom stereocenters. The first-order valence-corrected chi connectivity index (χ1v) is 9.21. The number of fused-ring (bicyclic) bond motifs is 1. The van der Waals surface area contributed by atoms with Crippen molar-refractivity contribution < 1.29 is 14.3 Å². The molecule has 0 aliphatic carbocycles. The van der Waals surface area contributed by atoms with E-state index in [1.165, 1.54) is 5.56 Å².